The Bertz CT molecular complexity index is 290. The minimum Gasteiger partial charge on any atom is -0.312 e. The van der Waals surface area contributed by atoms with Gasteiger partial charge < -0.3 is 5.32 Å². The highest BCUT2D eigenvalue weighted by Crippen LogP contribution is 2.23. The first-order chi connectivity index (χ1) is 7.47. The largest absolute Gasteiger partial charge is 0.312 e. The Morgan fingerprint density at radius 3 is 2.69 bits per heavy atom. The molecule has 1 atom stereocenters. The van der Waals surface area contributed by atoms with E-state index in [-0.39, 0.29) is 11.3 Å². The average Bonchev–Trinajstić information content (AvgIpc) is 2.43. The highest BCUT2D eigenvalue weighted by atomic mass is 32.2. The molecule has 96 valence electrons. The fourth-order valence-electron chi connectivity index (χ4n) is 2.34. The van der Waals surface area contributed by atoms with Gasteiger partial charge in [0, 0.05) is 11.3 Å². The lowest BCUT2D eigenvalue weighted by Crippen LogP contribution is -2.41. The Morgan fingerprint density at radius 1 is 1.25 bits per heavy atom. The van der Waals surface area contributed by atoms with Gasteiger partial charge in [0.25, 0.3) is 0 Å². The molecule has 1 aliphatic rings. The van der Waals surface area contributed by atoms with E-state index in [1.807, 2.05) is 0 Å². The van der Waals surface area contributed by atoms with Gasteiger partial charge in [0.1, 0.15) is 9.84 Å². The Kier molecular flexibility index (Phi) is 5.25. The summed E-state index contributed by atoms with van der Waals surface area (Å²) in [6.45, 7) is 5.04. The Labute approximate surface area is 99.9 Å². The summed E-state index contributed by atoms with van der Waals surface area (Å²) in [4.78, 5) is 0. The van der Waals surface area contributed by atoms with E-state index in [2.05, 4.69) is 12.2 Å². The molecular formula is C12H25NO2S. The third kappa shape index (κ3) is 4.83. The molecule has 0 spiro atoms. The van der Waals surface area contributed by atoms with Crippen LogP contribution in [0.5, 0.6) is 0 Å². The lowest BCUT2D eigenvalue weighted by Gasteiger charge is -2.29. The smallest absolute Gasteiger partial charge is 0.150 e. The zero-order valence-corrected chi connectivity index (χ0v) is 11.4. The minimum absolute atomic E-state index is 0.166. The molecular weight excluding hydrogens is 222 g/mol. The van der Waals surface area contributed by atoms with Gasteiger partial charge in [-0.1, -0.05) is 19.8 Å². The van der Waals surface area contributed by atoms with E-state index in [4.69, 9.17) is 0 Å². The minimum atomic E-state index is -2.78. The van der Waals surface area contributed by atoms with E-state index in [0.29, 0.717) is 5.75 Å². The Hall–Kier alpha value is -0.0900. The summed E-state index contributed by atoms with van der Waals surface area (Å²) in [7, 11) is -2.78. The Balaban J connectivity index is 2.35. The number of nitrogens with one attached hydrogen (secondary N) is 1. The van der Waals surface area contributed by atoms with Crippen molar-refractivity contribution < 1.29 is 8.42 Å². The second kappa shape index (κ2) is 6.01. The van der Waals surface area contributed by atoms with E-state index in [9.17, 15) is 8.42 Å². The number of sulfone groups is 1. The lowest BCUT2D eigenvalue weighted by atomic mass is 9.91. The van der Waals surface area contributed by atoms with Crippen LogP contribution in [-0.4, -0.2) is 32.0 Å². The molecule has 1 N–H and O–H groups in total. The molecule has 0 radical (unpaired) electrons. The van der Waals surface area contributed by atoms with Crippen molar-refractivity contribution >= 4 is 9.84 Å². The van der Waals surface area contributed by atoms with Crippen LogP contribution in [0, 0.1) is 0 Å². The van der Waals surface area contributed by atoms with Gasteiger partial charge in [0.2, 0.25) is 0 Å². The van der Waals surface area contributed by atoms with Crippen molar-refractivity contribution in [2.24, 2.45) is 0 Å². The quantitative estimate of drug-likeness (QED) is 0.809. The second-order valence-corrected chi connectivity index (χ2v) is 7.61. The van der Waals surface area contributed by atoms with Crippen LogP contribution in [-0.2, 0) is 9.84 Å². The van der Waals surface area contributed by atoms with E-state index < -0.39 is 9.84 Å². The molecule has 0 aliphatic carbocycles. The van der Waals surface area contributed by atoms with Crippen LogP contribution in [0.2, 0.25) is 0 Å². The summed E-state index contributed by atoms with van der Waals surface area (Å²) >= 11 is 0. The molecule has 0 aromatic heterocycles. The summed E-state index contributed by atoms with van der Waals surface area (Å²) in [6, 6.07) is 0. The fraction of sp³-hybridized carbons (Fsp3) is 1.00. The van der Waals surface area contributed by atoms with Gasteiger partial charge in [-0.3, -0.25) is 0 Å². The molecule has 1 saturated heterocycles. The van der Waals surface area contributed by atoms with Gasteiger partial charge >= 0.3 is 0 Å². The van der Waals surface area contributed by atoms with Crippen molar-refractivity contribution in [2.75, 3.05) is 18.1 Å². The molecule has 0 amide bonds. The highest BCUT2D eigenvalue weighted by molar-refractivity contribution is 7.91. The molecule has 1 fully saturated rings. The molecule has 1 aliphatic heterocycles. The van der Waals surface area contributed by atoms with Crippen molar-refractivity contribution in [3.8, 4) is 0 Å². The number of rotatable bonds is 5. The monoisotopic (exact) mass is 247 g/mol. The predicted octanol–water partition coefficient (Wildman–Crippen LogP) is 2.12. The maximum absolute atomic E-state index is 11.4. The van der Waals surface area contributed by atoms with E-state index in [0.717, 1.165) is 19.4 Å². The van der Waals surface area contributed by atoms with Crippen LogP contribution in [0.4, 0.5) is 0 Å². The molecule has 0 aromatic rings. The number of hydrogen-bond acceptors (Lipinski definition) is 3. The van der Waals surface area contributed by atoms with Gasteiger partial charge in [0.05, 0.1) is 5.75 Å². The van der Waals surface area contributed by atoms with Gasteiger partial charge in [0.15, 0.2) is 0 Å². The molecule has 0 saturated carbocycles. The standard InChI is InChI=1S/C12H25NO2S/c1-3-16(14,15)11-7-9-12(2)8-5-4-6-10-13-12/h13H,3-11H2,1-2H3. The van der Waals surface area contributed by atoms with Crippen LogP contribution in [0.25, 0.3) is 0 Å². The highest BCUT2D eigenvalue weighted by Gasteiger charge is 2.24. The zero-order chi connectivity index (χ0) is 12.1. The normalized spacial score (nSPS) is 27.6. The van der Waals surface area contributed by atoms with Crippen molar-refractivity contribution in [3.05, 3.63) is 0 Å². The molecule has 1 rings (SSSR count). The third-order valence-electron chi connectivity index (χ3n) is 3.58. The summed E-state index contributed by atoms with van der Waals surface area (Å²) < 4.78 is 22.8. The first-order valence-corrected chi connectivity index (χ1v) is 8.25. The van der Waals surface area contributed by atoms with Gasteiger partial charge in [-0.25, -0.2) is 8.42 Å². The summed E-state index contributed by atoms with van der Waals surface area (Å²) in [6.07, 6.45) is 6.77. The first-order valence-electron chi connectivity index (χ1n) is 6.43. The van der Waals surface area contributed by atoms with Crippen LogP contribution in [0.3, 0.4) is 0 Å². The SMILES string of the molecule is CCS(=O)(=O)CCCC1(C)CCCCCN1. The topological polar surface area (TPSA) is 46.2 Å². The first kappa shape index (κ1) is 14.0. The van der Waals surface area contributed by atoms with Gasteiger partial charge in [-0.05, 0) is 39.2 Å². The number of hydrogen-bond donors (Lipinski definition) is 1. The van der Waals surface area contributed by atoms with Crippen LogP contribution >= 0.6 is 0 Å². The summed E-state index contributed by atoms with van der Waals surface area (Å²) in [5.41, 5.74) is 0.166. The van der Waals surface area contributed by atoms with Crippen molar-refractivity contribution in [2.45, 2.75) is 57.9 Å². The molecule has 16 heavy (non-hydrogen) atoms. The molecule has 1 heterocycles. The third-order valence-corrected chi connectivity index (χ3v) is 5.37. The summed E-state index contributed by atoms with van der Waals surface area (Å²) in [5, 5.41) is 3.57. The Morgan fingerprint density at radius 2 is 2.00 bits per heavy atom. The average molecular weight is 247 g/mol. The van der Waals surface area contributed by atoms with Crippen LogP contribution in [0.1, 0.15) is 52.4 Å². The van der Waals surface area contributed by atoms with E-state index in [1.54, 1.807) is 6.92 Å². The molecule has 1 unspecified atom stereocenters. The van der Waals surface area contributed by atoms with Gasteiger partial charge in [-0.15, -0.1) is 0 Å². The molecule has 0 aromatic carbocycles. The van der Waals surface area contributed by atoms with Gasteiger partial charge in [-0.2, -0.15) is 0 Å². The van der Waals surface area contributed by atoms with Crippen molar-refractivity contribution in [3.63, 3.8) is 0 Å². The maximum Gasteiger partial charge on any atom is 0.150 e. The van der Waals surface area contributed by atoms with Crippen LogP contribution < -0.4 is 5.32 Å². The van der Waals surface area contributed by atoms with E-state index >= 15 is 0 Å². The van der Waals surface area contributed by atoms with Crippen LogP contribution in [0.15, 0.2) is 0 Å². The molecule has 3 nitrogen and oxygen atoms in total. The fourth-order valence-corrected chi connectivity index (χ4v) is 3.21. The maximum atomic E-state index is 11.4. The van der Waals surface area contributed by atoms with Crippen molar-refractivity contribution in [1.82, 2.24) is 5.32 Å². The second-order valence-electron chi connectivity index (χ2n) is 5.14. The molecule has 0 bridgehead atoms. The van der Waals surface area contributed by atoms with E-state index in [1.165, 1.54) is 25.7 Å². The summed E-state index contributed by atoms with van der Waals surface area (Å²) in [5.74, 6) is 0.623. The molecule has 4 heteroatoms. The lowest BCUT2D eigenvalue weighted by molar-refractivity contribution is 0.321. The van der Waals surface area contributed by atoms with Crippen molar-refractivity contribution in [1.29, 1.82) is 0 Å². The zero-order valence-electron chi connectivity index (χ0n) is 10.6. The predicted molar refractivity (Wildman–Crippen MR) is 68.4 cm³/mol.